The fourth-order valence-corrected chi connectivity index (χ4v) is 4.16. The summed E-state index contributed by atoms with van der Waals surface area (Å²) < 4.78 is 3.52. The summed E-state index contributed by atoms with van der Waals surface area (Å²) in [6, 6.07) is 26.7. The van der Waals surface area contributed by atoms with E-state index in [1.165, 1.54) is 4.68 Å². The van der Waals surface area contributed by atoms with Crippen LogP contribution >= 0.6 is 11.6 Å². The van der Waals surface area contributed by atoms with Crippen LogP contribution in [0, 0.1) is 13.8 Å². The van der Waals surface area contributed by atoms with Crippen LogP contribution in [-0.2, 0) is 0 Å². The summed E-state index contributed by atoms with van der Waals surface area (Å²) in [5.74, 6) is 0.502. The van der Waals surface area contributed by atoms with Gasteiger partial charge in [-0.3, -0.25) is 4.79 Å². The van der Waals surface area contributed by atoms with Crippen LogP contribution in [0.25, 0.3) is 28.0 Å². The monoisotopic (exact) mass is 452 g/mol. The van der Waals surface area contributed by atoms with Gasteiger partial charge in [0.25, 0.3) is 5.56 Å². The predicted molar refractivity (Wildman–Crippen MR) is 135 cm³/mol. The molecule has 0 saturated heterocycles. The van der Waals surface area contributed by atoms with Gasteiger partial charge in [0.2, 0.25) is 0 Å². The molecule has 2 aromatic heterocycles. The van der Waals surface area contributed by atoms with Gasteiger partial charge in [0.1, 0.15) is 0 Å². The molecule has 0 unspecified atom stereocenters. The Morgan fingerprint density at radius 1 is 0.909 bits per heavy atom. The third-order valence-corrected chi connectivity index (χ3v) is 5.91. The van der Waals surface area contributed by atoms with E-state index in [9.17, 15) is 4.79 Å². The van der Waals surface area contributed by atoms with Crippen molar-refractivity contribution in [3.63, 3.8) is 0 Å². The van der Waals surface area contributed by atoms with E-state index in [4.69, 9.17) is 16.6 Å². The van der Waals surface area contributed by atoms with Crippen molar-refractivity contribution in [2.24, 2.45) is 5.10 Å². The van der Waals surface area contributed by atoms with Crippen molar-refractivity contribution in [3.8, 4) is 17.1 Å². The summed E-state index contributed by atoms with van der Waals surface area (Å²) in [7, 11) is 0. The average Bonchev–Trinajstić information content (AvgIpc) is 3.12. The molecule has 33 heavy (non-hydrogen) atoms. The number of benzene rings is 3. The molecule has 0 aliphatic carbocycles. The fourth-order valence-electron chi connectivity index (χ4n) is 4.03. The van der Waals surface area contributed by atoms with Gasteiger partial charge in [-0.2, -0.15) is 9.78 Å². The molecule has 0 atom stereocenters. The maximum absolute atomic E-state index is 13.3. The van der Waals surface area contributed by atoms with Gasteiger partial charge >= 0.3 is 0 Å². The topological polar surface area (TPSA) is 52.2 Å². The quantitative estimate of drug-likeness (QED) is 0.314. The minimum atomic E-state index is -0.206. The summed E-state index contributed by atoms with van der Waals surface area (Å²) in [6.07, 6.45) is 1.72. The molecule has 5 rings (SSSR count). The first-order chi connectivity index (χ1) is 16.0. The van der Waals surface area contributed by atoms with Gasteiger partial charge in [0.15, 0.2) is 5.82 Å². The summed E-state index contributed by atoms with van der Waals surface area (Å²) in [5.41, 5.74) is 5.27. The molecule has 5 nitrogen and oxygen atoms in total. The second kappa shape index (κ2) is 8.52. The molecule has 3 aromatic carbocycles. The highest BCUT2D eigenvalue weighted by atomic mass is 35.5. The molecule has 0 radical (unpaired) electrons. The highest BCUT2D eigenvalue weighted by Gasteiger charge is 2.13. The number of rotatable bonds is 4. The van der Waals surface area contributed by atoms with Gasteiger partial charge in [-0.1, -0.05) is 54.1 Å². The number of fused-ring (bicyclic) bond motifs is 1. The van der Waals surface area contributed by atoms with Crippen molar-refractivity contribution in [2.75, 3.05) is 0 Å². The molecule has 0 aliphatic heterocycles. The molecule has 0 fully saturated rings. The maximum Gasteiger partial charge on any atom is 0.282 e. The van der Waals surface area contributed by atoms with Crippen molar-refractivity contribution in [1.82, 2.24) is 14.2 Å². The minimum Gasteiger partial charge on any atom is -0.318 e. The number of nitrogens with zero attached hydrogens (tertiary/aromatic N) is 4. The first kappa shape index (κ1) is 20.9. The van der Waals surface area contributed by atoms with Gasteiger partial charge in [0, 0.05) is 33.2 Å². The molecule has 5 aromatic rings. The molecular formula is C27H21ClN4O. The van der Waals surface area contributed by atoms with E-state index in [2.05, 4.69) is 15.7 Å². The summed E-state index contributed by atoms with van der Waals surface area (Å²) in [4.78, 5) is 18.1. The van der Waals surface area contributed by atoms with E-state index in [0.29, 0.717) is 21.7 Å². The van der Waals surface area contributed by atoms with Crippen molar-refractivity contribution in [2.45, 2.75) is 13.8 Å². The van der Waals surface area contributed by atoms with Crippen LogP contribution < -0.4 is 5.56 Å². The van der Waals surface area contributed by atoms with E-state index >= 15 is 0 Å². The Morgan fingerprint density at radius 3 is 2.36 bits per heavy atom. The van der Waals surface area contributed by atoms with Crippen LogP contribution in [0.5, 0.6) is 0 Å². The van der Waals surface area contributed by atoms with E-state index in [0.717, 1.165) is 28.2 Å². The third kappa shape index (κ3) is 3.88. The first-order valence-corrected chi connectivity index (χ1v) is 11.0. The number of halogens is 1. The molecule has 0 N–H and O–H groups in total. The van der Waals surface area contributed by atoms with Crippen LogP contribution in [0.15, 0.2) is 94.8 Å². The number of aromatic nitrogens is 3. The Kier molecular flexibility index (Phi) is 5.40. The molecular weight excluding hydrogens is 432 g/mol. The third-order valence-electron chi connectivity index (χ3n) is 5.65. The lowest BCUT2D eigenvalue weighted by Crippen LogP contribution is -2.20. The molecule has 0 saturated carbocycles. The molecule has 162 valence electrons. The van der Waals surface area contributed by atoms with Gasteiger partial charge in [-0.05, 0) is 56.3 Å². The number of hydrogen-bond acceptors (Lipinski definition) is 3. The summed E-state index contributed by atoms with van der Waals surface area (Å²) in [6.45, 7) is 4.07. The number of aryl methyl sites for hydroxylation is 1. The molecule has 2 heterocycles. The van der Waals surface area contributed by atoms with Crippen LogP contribution in [0.4, 0.5) is 0 Å². The van der Waals surface area contributed by atoms with Crippen LogP contribution in [0.1, 0.15) is 17.0 Å². The van der Waals surface area contributed by atoms with E-state index in [-0.39, 0.29) is 5.56 Å². The van der Waals surface area contributed by atoms with E-state index in [1.54, 1.807) is 12.3 Å². The average molecular weight is 453 g/mol. The zero-order valence-corrected chi connectivity index (χ0v) is 19.0. The Bertz CT molecular complexity index is 1550. The Hall–Kier alpha value is -3.96. The second-order valence-electron chi connectivity index (χ2n) is 7.82. The summed E-state index contributed by atoms with van der Waals surface area (Å²) >= 11 is 6.05. The normalized spacial score (nSPS) is 11.5. The lowest BCUT2D eigenvalue weighted by Gasteiger charge is -2.10. The van der Waals surface area contributed by atoms with E-state index < -0.39 is 0 Å². The highest BCUT2D eigenvalue weighted by Crippen LogP contribution is 2.22. The van der Waals surface area contributed by atoms with Crippen molar-refractivity contribution >= 4 is 28.7 Å². The molecule has 0 aliphatic rings. The smallest absolute Gasteiger partial charge is 0.282 e. The van der Waals surface area contributed by atoms with E-state index in [1.807, 2.05) is 86.6 Å². The Balaban J connectivity index is 1.65. The largest absolute Gasteiger partial charge is 0.318 e. The van der Waals surface area contributed by atoms with Crippen LogP contribution in [-0.4, -0.2) is 20.4 Å². The maximum atomic E-state index is 13.3. The van der Waals surface area contributed by atoms with Crippen LogP contribution in [0.3, 0.4) is 0 Å². The van der Waals surface area contributed by atoms with Crippen LogP contribution in [0.2, 0.25) is 5.02 Å². The van der Waals surface area contributed by atoms with Crippen molar-refractivity contribution in [1.29, 1.82) is 0 Å². The fraction of sp³-hybridized carbons (Fsp3) is 0.0741. The Morgan fingerprint density at radius 2 is 1.61 bits per heavy atom. The lowest BCUT2D eigenvalue weighted by molar-refractivity contribution is 0.829. The molecule has 0 bridgehead atoms. The zero-order chi connectivity index (χ0) is 22.9. The minimum absolute atomic E-state index is 0.206. The van der Waals surface area contributed by atoms with Gasteiger partial charge in [-0.25, -0.2) is 4.98 Å². The van der Waals surface area contributed by atoms with Gasteiger partial charge < -0.3 is 4.57 Å². The molecule has 6 heteroatoms. The SMILES string of the molecule is Cc1cc(C=Nn2c(-c3ccccc3)nc3ccccc3c2=O)c(C)n1-c1ccc(Cl)cc1. The predicted octanol–water partition coefficient (Wildman–Crippen LogP) is 6.01. The second-order valence-corrected chi connectivity index (χ2v) is 8.25. The Labute approximate surface area is 196 Å². The van der Waals surface area contributed by atoms with Gasteiger partial charge in [-0.15, -0.1) is 0 Å². The lowest BCUT2D eigenvalue weighted by atomic mass is 10.2. The van der Waals surface area contributed by atoms with Gasteiger partial charge in [0.05, 0.1) is 17.1 Å². The molecule has 0 amide bonds. The first-order valence-electron chi connectivity index (χ1n) is 10.6. The summed E-state index contributed by atoms with van der Waals surface area (Å²) in [5, 5.41) is 5.83. The molecule has 0 spiro atoms. The standard InChI is InChI=1S/C27H21ClN4O/c1-18-16-21(19(2)31(18)23-14-12-22(28)13-15-23)17-29-32-26(20-8-4-3-5-9-20)30-25-11-7-6-10-24(25)27(32)33/h3-17H,1-2H3. The van der Waals surface area contributed by atoms with Crippen molar-refractivity contribution < 1.29 is 0 Å². The highest BCUT2D eigenvalue weighted by molar-refractivity contribution is 6.30. The van der Waals surface area contributed by atoms with Crippen molar-refractivity contribution in [3.05, 3.63) is 117 Å². The number of para-hydroxylation sites is 1. The number of hydrogen-bond donors (Lipinski definition) is 0. The zero-order valence-electron chi connectivity index (χ0n) is 18.2.